The van der Waals surface area contributed by atoms with Crippen LogP contribution in [-0.4, -0.2) is 79.8 Å². The number of benzene rings is 2. The molecule has 1 saturated carbocycles. The highest BCUT2D eigenvalue weighted by Crippen LogP contribution is 2.38. The van der Waals surface area contributed by atoms with Crippen molar-refractivity contribution in [2.75, 3.05) is 46.2 Å². The maximum Gasteiger partial charge on any atom is 0.255 e. The summed E-state index contributed by atoms with van der Waals surface area (Å²) in [5, 5.41) is 3.13. The lowest BCUT2D eigenvalue weighted by atomic mass is 9.83. The quantitative estimate of drug-likeness (QED) is 0.0896. The van der Waals surface area contributed by atoms with Gasteiger partial charge in [-0.25, -0.2) is 4.98 Å². The first kappa shape index (κ1) is 45.1. The number of ketones is 1. The fourth-order valence-corrected chi connectivity index (χ4v) is 8.41. The number of carbonyl (C=O) groups excluding carboxylic acids is 3. The van der Waals surface area contributed by atoms with E-state index in [1.165, 1.54) is 25.7 Å². The number of hydrogen-bond donors (Lipinski definition) is 1. The highest BCUT2D eigenvalue weighted by Gasteiger charge is 2.45. The maximum absolute atomic E-state index is 14.2. The highest BCUT2D eigenvalue weighted by atomic mass is 32.1. The van der Waals surface area contributed by atoms with Crippen molar-refractivity contribution in [2.45, 2.75) is 112 Å². The van der Waals surface area contributed by atoms with E-state index in [4.69, 9.17) is 18.9 Å². The molecule has 1 aliphatic carbocycles. The first-order chi connectivity index (χ1) is 27.3. The fourth-order valence-electron chi connectivity index (χ4n) is 7.61. The molecule has 308 valence electrons. The Labute approximate surface area is 339 Å². The average Bonchev–Trinajstić information content (AvgIpc) is 3.95. The van der Waals surface area contributed by atoms with Crippen molar-refractivity contribution in [2.24, 2.45) is 17.8 Å². The Bertz CT molecular complexity index is 1660. The summed E-state index contributed by atoms with van der Waals surface area (Å²) in [4.78, 5) is 48.5. The molecule has 5 rings (SSSR count). The number of carbonyl (C=O) groups is 3. The van der Waals surface area contributed by atoms with Crippen LogP contribution < -0.4 is 10.1 Å². The number of amides is 2. The van der Waals surface area contributed by atoms with Crippen LogP contribution in [0.4, 0.5) is 0 Å². The molecule has 2 amide bonds. The number of hydrogen-bond acceptors (Lipinski definition) is 9. The number of unbranched alkanes of at least 4 members (excludes halogenated alkanes) is 4. The summed E-state index contributed by atoms with van der Waals surface area (Å²) in [6.07, 6.45) is 8.21. The van der Waals surface area contributed by atoms with Crippen LogP contribution in [0.15, 0.2) is 48.0 Å². The minimum atomic E-state index is -0.580. The van der Waals surface area contributed by atoms with Crippen molar-refractivity contribution in [3.8, 4) is 16.2 Å². The lowest BCUT2D eigenvalue weighted by Crippen LogP contribution is -2.49. The van der Waals surface area contributed by atoms with Crippen LogP contribution >= 0.6 is 11.3 Å². The largest absolute Gasteiger partial charge is 0.491 e. The van der Waals surface area contributed by atoms with Crippen molar-refractivity contribution in [3.63, 3.8) is 0 Å². The Balaban J connectivity index is 0.00000342. The number of aryl methyl sites for hydroxylation is 1. The summed E-state index contributed by atoms with van der Waals surface area (Å²) in [7, 11) is 0. The molecule has 2 aromatic carbocycles. The molecule has 1 aromatic heterocycles. The van der Waals surface area contributed by atoms with Gasteiger partial charge in [0, 0.05) is 42.7 Å². The molecule has 2 aliphatic rings. The second kappa shape index (κ2) is 24.2. The minimum Gasteiger partial charge on any atom is -0.491 e. The molecule has 1 fully saturated rings. The van der Waals surface area contributed by atoms with Crippen molar-refractivity contribution < 1.29 is 33.3 Å². The Morgan fingerprint density at radius 1 is 0.893 bits per heavy atom. The third kappa shape index (κ3) is 12.7. The minimum absolute atomic E-state index is 0.0102. The number of ether oxygens (including phenoxy) is 4. The molecule has 3 atom stereocenters. The third-order valence-corrected chi connectivity index (χ3v) is 11.5. The zero-order valence-electron chi connectivity index (χ0n) is 34.6. The summed E-state index contributed by atoms with van der Waals surface area (Å²) in [6.45, 7) is 16.4. The number of aromatic nitrogens is 1. The fraction of sp³-hybridized carbons (Fsp3) is 0.600. The van der Waals surface area contributed by atoms with Crippen LogP contribution in [0.25, 0.3) is 10.4 Å². The summed E-state index contributed by atoms with van der Waals surface area (Å²) in [5.74, 6) is -0.550. The molecule has 3 aromatic rings. The number of Topliss-reactive ketones (excluding diaryl/α,β-unsaturated/α-hetero) is 1. The molecule has 1 N–H and O–H groups in total. The number of nitrogens with zero attached hydrogens (tertiary/aromatic N) is 2. The molecule has 1 aliphatic heterocycles. The van der Waals surface area contributed by atoms with Crippen LogP contribution in [0.3, 0.4) is 0 Å². The van der Waals surface area contributed by atoms with E-state index in [1.807, 2.05) is 82.6 Å². The molecule has 0 spiro atoms. The van der Waals surface area contributed by atoms with E-state index in [0.29, 0.717) is 70.3 Å². The molecule has 56 heavy (non-hydrogen) atoms. The number of nitrogens with one attached hydrogen (secondary N) is 1. The van der Waals surface area contributed by atoms with Gasteiger partial charge in [-0.3, -0.25) is 14.4 Å². The van der Waals surface area contributed by atoms with Gasteiger partial charge in [0.25, 0.3) is 5.91 Å². The SMILES string of the molecule is CC.CCCCCCCOCCOCCOCCOc1cc(-c2scnc2C)ccc1CNC(=O)C1CCCC1C(=O)C(C(C)C)N1Cc2ccccc2C1=O. The lowest BCUT2D eigenvalue weighted by molar-refractivity contribution is -0.136. The Morgan fingerprint density at radius 3 is 2.25 bits per heavy atom. The van der Waals surface area contributed by atoms with Crippen LogP contribution in [0.2, 0.25) is 0 Å². The predicted molar refractivity (Wildman–Crippen MR) is 223 cm³/mol. The van der Waals surface area contributed by atoms with E-state index in [1.54, 1.807) is 16.2 Å². The van der Waals surface area contributed by atoms with E-state index in [0.717, 1.165) is 46.7 Å². The van der Waals surface area contributed by atoms with E-state index in [-0.39, 0.29) is 30.1 Å². The van der Waals surface area contributed by atoms with Gasteiger partial charge >= 0.3 is 0 Å². The molecule has 3 unspecified atom stereocenters. The topological polar surface area (TPSA) is 116 Å². The summed E-state index contributed by atoms with van der Waals surface area (Å²) in [6, 6.07) is 13.0. The Morgan fingerprint density at radius 2 is 1.57 bits per heavy atom. The summed E-state index contributed by atoms with van der Waals surface area (Å²) >= 11 is 1.57. The van der Waals surface area contributed by atoms with Gasteiger partial charge in [-0.2, -0.15) is 0 Å². The first-order valence-corrected chi connectivity index (χ1v) is 21.8. The first-order valence-electron chi connectivity index (χ1n) is 20.9. The molecule has 11 heteroatoms. The van der Waals surface area contributed by atoms with Crippen LogP contribution in [0.5, 0.6) is 5.75 Å². The Kier molecular flexibility index (Phi) is 19.5. The lowest BCUT2D eigenvalue weighted by Gasteiger charge is -2.33. The van der Waals surface area contributed by atoms with Gasteiger partial charge in [0.1, 0.15) is 12.4 Å². The van der Waals surface area contributed by atoms with Gasteiger partial charge < -0.3 is 29.2 Å². The molecule has 0 saturated heterocycles. The van der Waals surface area contributed by atoms with Gasteiger partial charge in [0.05, 0.1) is 55.2 Å². The van der Waals surface area contributed by atoms with E-state index < -0.39 is 17.9 Å². The standard InChI is InChI=1S/C43H59N3O7S.C2H6/c1-5-6-7-8-11-19-50-20-21-51-22-23-52-24-25-53-38-26-32(41-31(4)45-29-54-41)17-18-33(38)27-44-42(48)37-16-12-15-36(37)40(47)39(30(2)3)46-28-34-13-9-10-14-35(34)43(46)49;1-2/h9-10,13-14,17-18,26,29-30,36-37,39H,5-8,11-12,15-16,19-25,27-28H2,1-4H3,(H,44,48);1-2H3. The van der Waals surface area contributed by atoms with Crippen molar-refractivity contribution in [3.05, 3.63) is 70.4 Å². The van der Waals surface area contributed by atoms with Crippen molar-refractivity contribution in [1.29, 1.82) is 0 Å². The van der Waals surface area contributed by atoms with Crippen LogP contribution in [0, 0.1) is 24.7 Å². The van der Waals surface area contributed by atoms with Gasteiger partial charge in [-0.05, 0) is 55.4 Å². The number of rotatable bonds is 24. The zero-order valence-corrected chi connectivity index (χ0v) is 35.4. The molecular formula is C45H65N3O7S. The van der Waals surface area contributed by atoms with Crippen LogP contribution in [-0.2, 0) is 36.9 Å². The molecule has 10 nitrogen and oxygen atoms in total. The van der Waals surface area contributed by atoms with Crippen molar-refractivity contribution >= 4 is 28.9 Å². The van der Waals surface area contributed by atoms with Gasteiger partial charge in [-0.1, -0.05) is 97.1 Å². The van der Waals surface area contributed by atoms with E-state index in [9.17, 15) is 14.4 Å². The molecule has 0 radical (unpaired) electrons. The van der Waals surface area contributed by atoms with Gasteiger partial charge in [0.15, 0.2) is 5.78 Å². The third-order valence-electron chi connectivity index (χ3n) is 10.5. The summed E-state index contributed by atoms with van der Waals surface area (Å²) < 4.78 is 23.3. The van der Waals surface area contributed by atoms with Crippen LogP contribution in [0.1, 0.15) is 113 Å². The predicted octanol–water partition coefficient (Wildman–Crippen LogP) is 8.83. The molecule has 0 bridgehead atoms. The monoisotopic (exact) mass is 791 g/mol. The number of fused-ring (bicyclic) bond motifs is 1. The summed E-state index contributed by atoms with van der Waals surface area (Å²) in [5.41, 5.74) is 6.21. The molecule has 2 heterocycles. The zero-order chi connectivity index (χ0) is 40.3. The van der Waals surface area contributed by atoms with Crippen molar-refractivity contribution in [1.82, 2.24) is 15.2 Å². The highest BCUT2D eigenvalue weighted by molar-refractivity contribution is 7.13. The number of thiazole rings is 1. The molecular weight excluding hydrogens is 727 g/mol. The average molecular weight is 792 g/mol. The normalized spacial score (nSPS) is 16.8. The second-order valence-corrected chi connectivity index (χ2v) is 15.6. The smallest absolute Gasteiger partial charge is 0.255 e. The van der Waals surface area contributed by atoms with E-state index in [2.05, 4.69) is 17.2 Å². The van der Waals surface area contributed by atoms with Gasteiger partial charge in [0.2, 0.25) is 5.91 Å². The Hall–Kier alpha value is -3.64. The van der Waals surface area contributed by atoms with E-state index >= 15 is 0 Å². The maximum atomic E-state index is 14.2. The van der Waals surface area contributed by atoms with Gasteiger partial charge in [-0.15, -0.1) is 11.3 Å². The second-order valence-electron chi connectivity index (χ2n) is 14.7.